The molecule has 0 radical (unpaired) electrons. The van der Waals surface area contributed by atoms with Crippen LogP contribution in [0.3, 0.4) is 0 Å². The molecule has 0 spiro atoms. The van der Waals surface area contributed by atoms with E-state index in [1.54, 1.807) is 13.0 Å². The van der Waals surface area contributed by atoms with Crippen LogP contribution < -0.4 is 5.32 Å². The Morgan fingerprint density at radius 3 is 2.59 bits per heavy atom. The van der Waals surface area contributed by atoms with Crippen LogP contribution in [0.2, 0.25) is 0 Å². The zero-order valence-corrected chi connectivity index (χ0v) is 9.94. The summed E-state index contributed by atoms with van der Waals surface area (Å²) in [7, 11) is 1.37. The highest BCUT2D eigenvalue weighted by Gasteiger charge is 2.35. The van der Waals surface area contributed by atoms with Gasteiger partial charge in [-0.2, -0.15) is 0 Å². The summed E-state index contributed by atoms with van der Waals surface area (Å²) in [5, 5.41) is 11.4. The number of carboxylic acids is 1. The Morgan fingerprint density at radius 1 is 1.53 bits per heavy atom. The topological polar surface area (TPSA) is 88.8 Å². The molecule has 1 aromatic heterocycles. The number of ether oxygens (including phenoxy) is 1. The molecule has 0 bridgehead atoms. The average molecular weight is 241 g/mol. The highest BCUT2D eigenvalue weighted by molar-refractivity contribution is 5.95. The largest absolute Gasteiger partial charge is 0.479 e. The average Bonchev–Trinajstić information content (AvgIpc) is 2.65. The number of hydrogen-bond donors (Lipinski definition) is 2. The normalized spacial score (nSPS) is 14.1. The Balaban J connectivity index is 2.81. The molecule has 2 N–H and O–H groups in total. The van der Waals surface area contributed by atoms with Crippen LogP contribution in [-0.4, -0.2) is 36.2 Å². The van der Waals surface area contributed by atoms with Gasteiger partial charge in [-0.25, -0.2) is 4.79 Å². The number of furan rings is 1. The molecule has 1 unspecified atom stereocenters. The van der Waals surface area contributed by atoms with Gasteiger partial charge in [-0.1, -0.05) is 0 Å². The maximum atomic E-state index is 11.7. The fourth-order valence-corrected chi connectivity index (χ4v) is 1.31. The summed E-state index contributed by atoms with van der Waals surface area (Å²) in [5.74, 6) is -1.10. The number of nitrogens with one attached hydrogen (secondary N) is 1. The number of carboxylic acid groups (broad SMARTS) is 1. The summed E-state index contributed by atoms with van der Waals surface area (Å²) >= 11 is 0. The third kappa shape index (κ3) is 3.07. The third-order valence-corrected chi connectivity index (χ3v) is 2.26. The lowest BCUT2D eigenvalue weighted by atomic mass is 10.0. The Bertz CT molecular complexity index is 425. The smallest absolute Gasteiger partial charge is 0.331 e. The number of rotatable bonds is 5. The first-order valence-corrected chi connectivity index (χ1v) is 5.00. The van der Waals surface area contributed by atoms with Crippen LogP contribution in [0.1, 0.15) is 23.2 Å². The van der Waals surface area contributed by atoms with E-state index in [4.69, 9.17) is 14.3 Å². The number of methoxy groups -OCH3 is 1. The van der Waals surface area contributed by atoms with Crippen molar-refractivity contribution < 1.29 is 23.8 Å². The molecule has 0 aliphatic heterocycles. The minimum Gasteiger partial charge on any atom is -0.479 e. The molecule has 0 saturated heterocycles. The van der Waals surface area contributed by atoms with Gasteiger partial charge in [0.1, 0.15) is 5.76 Å². The molecule has 1 aromatic rings. The standard InChI is InChI=1S/C11H15NO5/c1-7-4-5-8(17-7)9(13)12-11(2,6-16-3)10(14)15/h4-5H,6H2,1-3H3,(H,12,13)(H,14,15). The van der Waals surface area contributed by atoms with Gasteiger partial charge >= 0.3 is 5.97 Å². The molecule has 0 saturated carbocycles. The van der Waals surface area contributed by atoms with Gasteiger partial charge in [0.2, 0.25) is 0 Å². The Hall–Kier alpha value is -1.82. The summed E-state index contributed by atoms with van der Waals surface area (Å²) in [6, 6.07) is 3.11. The predicted molar refractivity (Wildman–Crippen MR) is 58.8 cm³/mol. The molecule has 1 amide bonds. The van der Waals surface area contributed by atoms with E-state index in [0.29, 0.717) is 5.76 Å². The Kier molecular flexibility index (Phi) is 3.90. The second-order valence-corrected chi connectivity index (χ2v) is 3.93. The van der Waals surface area contributed by atoms with E-state index < -0.39 is 17.4 Å². The van der Waals surface area contributed by atoms with Crippen molar-refractivity contribution in [1.29, 1.82) is 0 Å². The van der Waals surface area contributed by atoms with Crippen LogP contribution in [0.15, 0.2) is 16.5 Å². The molecule has 6 heteroatoms. The lowest BCUT2D eigenvalue weighted by molar-refractivity contribution is -0.145. The molecular weight excluding hydrogens is 226 g/mol. The lowest BCUT2D eigenvalue weighted by Crippen LogP contribution is -2.55. The molecule has 1 atom stereocenters. The zero-order valence-electron chi connectivity index (χ0n) is 9.94. The first kappa shape index (κ1) is 13.2. The van der Waals surface area contributed by atoms with Gasteiger partial charge < -0.3 is 19.6 Å². The molecule has 17 heavy (non-hydrogen) atoms. The van der Waals surface area contributed by atoms with Gasteiger partial charge in [-0.05, 0) is 26.0 Å². The van der Waals surface area contributed by atoms with Crippen LogP contribution >= 0.6 is 0 Å². The van der Waals surface area contributed by atoms with Gasteiger partial charge in [0.05, 0.1) is 6.61 Å². The Labute approximate surface area is 98.6 Å². The van der Waals surface area contributed by atoms with E-state index in [2.05, 4.69) is 5.32 Å². The molecule has 1 rings (SSSR count). The van der Waals surface area contributed by atoms with E-state index in [-0.39, 0.29) is 12.4 Å². The van der Waals surface area contributed by atoms with Crippen molar-refractivity contribution in [3.63, 3.8) is 0 Å². The summed E-state index contributed by atoms with van der Waals surface area (Å²) in [6.45, 7) is 2.93. The van der Waals surface area contributed by atoms with Gasteiger partial charge in [0.15, 0.2) is 11.3 Å². The highest BCUT2D eigenvalue weighted by Crippen LogP contribution is 2.10. The summed E-state index contributed by atoms with van der Waals surface area (Å²) in [5.41, 5.74) is -1.48. The van der Waals surface area contributed by atoms with Crippen LogP contribution in [0.5, 0.6) is 0 Å². The minimum absolute atomic E-state index is 0.0751. The van der Waals surface area contributed by atoms with Crippen molar-refractivity contribution >= 4 is 11.9 Å². The third-order valence-electron chi connectivity index (χ3n) is 2.26. The maximum absolute atomic E-state index is 11.7. The molecule has 0 fully saturated rings. The number of amides is 1. The van der Waals surface area contributed by atoms with Crippen LogP contribution in [0.25, 0.3) is 0 Å². The fourth-order valence-electron chi connectivity index (χ4n) is 1.31. The van der Waals surface area contributed by atoms with Gasteiger partial charge in [0, 0.05) is 7.11 Å². The number of hydrogen-bond acceptors (Lipinski definition) is 4. The lowest BCUT2D eigenvalue weighted by Gasteiger charge is -2.24. The maximum Gasteiger partial charge on any atom is 0.331 e. The SMILES string of the molecule is COCC(C)(NC(=O)c1ccc(C)o1)C(=O)O. The van der Waals surface area contributed by atoms with Crippen molar-refractivity contribution in [1.82, 2.24) is 5.32 Å². The fraction of sp³-hybridized carbons (Fsp3) is 0.455. The molecule has 94 valence electrons. The van der Waals surface area contributed by atoms with Crippen LogP contribution in [0, 0.1) is 6.92 Å². The quantitative estimate of drug-likeness (QED) is 0.796. The van der Waals surface area contributed by atoms with Gasteiger partial charge in [-0.15, -0.1) is 0 Å². The zero-order chi connectivity index (χ0) is 13.1. The summed E-state index contributed by atoms with van der Waals surface area (Å²) < 4.78 is 9.89. The van der Waals surface area contributed by atoms with Crippen molar-refractivity contribution in [3.8, 4) is 0 Å². The summed E-state index contributed by atoms with van der Waals surface area (Å²) in [4.78, 5) is 22.8. The highest BCUT2D eigenvalue weighted by atomic mass is 16.5. The van der Waals surface area contributed by atoms with E-state index >= 15 is 0 Å². The summed E-state index contributed by atoms with van der Waals surface area (Å²) in [6.07, 6.45) is 0. The van der Waals surface area contributed by atoms with Crippen LogP contribution in [0.4, 0.5) is 0 Å². The molecule has 1 heterocycles. The van der Waals surface area contributed by atoms with Crippen molar-refractivity contribution in [3.05, 3.63) is 23.7 Å². The molecule has 0 aliphatic rings. The second-order valence-electron chi connectivity index (χ2n) is 3.93. The monoisotopic (exact) mass is 241 g/mol. The number of aryl methyl sites for hydroxylation is 1. The minimum atomic E-state index is -1.48. The van der Waals surface area contributed by atoms with E-state index in [1.807, 2.05) is 0 Å². The Morgan fingerprint density at radius 2 is 2.18 bits per heavy atom. The first-order chi connectivity index (χ1) is 7.89. The van der Waals surface area contributed by atoms with E-state index in [1.165, 1.54) is 20.1 Å². The van der Waals surface area contributed by atoms with E-state index in [9.17, 15) is 9.59 Å². The molecular formula is C11H15NO5. The number of carbonyl (C=O) groups is 2. The molecule has 0 aromatic carbocycles. The molecule has 6 nitrogen and oxygen atoms in total. The van der Waals surface area contributed by atoms with Crippen molar-refractivity contribution in [2.75, 3.05) is 13.7 Å². The van der Waals surface area contributed by atoms with Crippen LogP contribution in [-0.2, 0) is 9.53 Å². The van der Waals surface area contributed by atoms with Gasteiger partial charge in [-0.3, -0.25) is 4.79 Å². The predicted octanol–water partition coefficient (Wildman–Crippen LogP) is 0.808. The van der Waals surface area contributed by atoms with Crippen molar-refractivity contribution in [2.24, 2.45) is 0 Å². The molecule has 0 aliphatic carbocycles. The van der Waals surface area contributed by atoms with Crippen molar-refractivity contribution in [2.45, 2.75) is 19.4 Å². The number of carbonyl (C=O) groups excluding carboxylic acids is 1. The first-order valence-electron chi connectivity index (χ1n) is 5.00. The second kappa shape index (κ2) is 5.01. The number of aliphatic carboxylic acids is 1. The van der Waals surface area contributed by atoms with E-state index in [0.717, 1.165) is 0 Å². The van der Waals surface area contributed by atoms with Gasteiger partial charge in [0.25, 0.3) is 5.91 Å².